The van der Waals surface area contributed by atoms with Gasteiger partial charge in [0.1, 0.15) is 11.9 Å². The predicted molar refractivity (Wildman–Crippen MR) is 87.0 cm³/mol. The summed E-state index contributed by atoms with van der Waals surface area (Å²) in [6.07, 6.45) is 0.914. The van der Waals surface area contributed by atoms with Gasteiger partial charge in [-0.15, -0.1) is 0 Å². The third-order valence-corrected chi connectivity index (χ3v) is 4.16. The molecule has 21 heavy (non-hydrogen) atoms. The molecule has 0 bridgehead atoms. The number of carbonyl (C=O) groups excluding carboxylic acids is 1. The maximum absolute atomic E-state index is 12.8. The molecule has 2 aromatic rings. The zero-order chi connectivity index (χ0) is 14.8. The third kappa shape index (κ3) is 2.81. The van der Waals surface area contributed by atoms with Gasteiger partial charge < -0.3 is 9.64 Å². The number of hydrogen-bond acceptors (Lipinski definition) is 2. The van der Waals surface area contributed by atoms with Crippen LogP contribution in [-0.4, -0.2) is 18.6 Å². The molecule has 0 radical (unpaired) electrons. The number of para-hydroxylation sites is 2. The van der Waals surface area contributed by atoms with Crippen molar-refractivity contribution in [3.63, 3.8) is 0 Å². The molecule has 108 valence electrons. The molecular formula is C17H16BrNO2. The van der Waals surface area contributed by atoms with Crippen LogP contribution in [0.5, 0.6) is 5.75 Å². The van der Waals surface area contributed by atoms with Crippen molar-refractivity contribution in [3.05, 3.63) is 58.6 Å². The molecule has 0 saturated heterocycles. The van der Waals surface area contributed by atoms with Crippen molar-refractivity contribution in [1.82, 2.24) is 0 Å². The summed E-state index contributed by atoms with van der Waals surface area (Å²) < 4.78 is 6.88. The second kappa shape index (κ2) is 5.90. The van der Waals surface area contributed by atoms with E-state index in [-0.39, 0.29) is 12.0 Å². The molecule has 0 aromatic heterocycles. The van der Waals surface area contributed by atoms with Gasteiger partial charge in [-0.2, -0.15) is 0 Å². The van der Waals surface area contributed by atoms with Crippen molar-refractivity contribution >= 4 is 27.5 Å². The van der Waals surface area contributed by atoms with E-state index < -0.39 is 0 Å². The lowest BCUT2D eigenvalue weighted by Crippen LogP contribution is -2.43. The molecule has 0 saturated carbocycles. The smallest absolute Gasteiger partial charge is 0.258 e. The Kier molecular flexibility index (Phi) is 3.97. The minimum Gasteiger partial charge on any atom is -0.486 e. The first-order valence-electron chi connectivity index (χ1n) is 7.02. The fourth-order valence-corrected chi connectivity index (χ4v) is 2.72. The summed E-state index contributed by atoms with van der Waals surface area (Å²) in [5, 5.41) is 0. The molecule has 1 atom stereocenters. The summed E-state index contributed by atoms with van der Waals surface area (Å²) >= 11 is 3.39. The van der Waals surface area contributed by atoms with E-state index in [2.05, 4.69) is 22.9 Å². The summed E-state index contributed by atoms with van der Waals surface area (Å²) in [4.78, 5) is 14.6. The highest BCUT2D eigenvalue weighted by Crippen LogP contribution is 2.34. The zero-order valence-electron chi connectivity index (χ0n) is 11.8. The molecule has 0 aliphatic carbocycles. The van der Waals surface area contributed by atoms with Gasteiger partial charge >= 0.3 is 0 Å². The maximum Gasteiger partial charge on any atom is 0.258 e. The first kappa shape index (κ1) is 14.1. The minimum absolute atomic E-state index is 0.0108. The molecule has 0 N–H and O–H groups in total. The summed E-state index contributed by atoms with van der Waals surface area (Å²) in [5.74, 6) is 0.790. The van der Waals surface area contributed by atoms with E-state index in [1.807, 2.05) is 53.4 Å². The van der Waals surface area contributed by atoms with Crippen molar-refractivity contribution in [2.45, 2.75) is 19.4 Å². The molecule has 1 aliphatic rings. The lowest BCUT2D eigenvalue weighted by Gasteiger charge is -2.34. The van der Waals surface area contributed by atoms with Crippen LogP contribution >= 0.6 is 15.9 Å². The van der Waals surface area contributed by atoms with E-state index >= 15 is 0 Å². The Morgan fingerprint density at radius 1 is 1.24 bits per heavy atom. The number of hydrogen-bond donors (Lipinski definition) is 0. The van der Waals surface area contributed by atoms with Crippen molar-refractivity contribution in [1.29, 1.82) is 0 Å². The SMILES string of the molecule is CCC1CN(C(=O)c2ccc(Br)cc2)c2ccccc2O1. The molecule has 1 heterocycles. The summed E-state index contributed by atoms with van der Waals surface area (Å²) in [7, 11) is 0. The summed E-state index contributed by atoms with van der Waals surface area (Å²) in [5.41, 5.74) is 1.53. The van der Waals surface area contributed by atoms with Gasteiger partial charge in [0.05, 0.1) is 12.2 Å². The van der Waals surface area contributed by atoms with Gasteiger partial charge in [-0.05, 0) is 42.8 Å². The number of rotatable bonds is 2. The molecular weight excluding hydrogens is 330 g/mol. The second-order valence-electron chi connectivity index (χ2n) is 5.04. The maximum atomic E-state index is 12.8. The Morgan fingerprint density at radius 3 is 2.67 bits per heavy atom. The number of anilines is 1. The number of fused-ring (bicyclic) bond motifs is 1. The Hall–Kier alpha value is -1.81. The van der Waals surface area contributed by atoms with Gasteiger partial charge in [-0.25, -0.2) is 0 Å². The van der Waals surface area contributed by atoms with Crippen LogP contribution in [0.4, 0.5) is 5.69 Å². The third-order valence-electron chi connectivity index (χ3n) is 3.63. The summed E-state index contributed by atoms with van der Waals surface area (Å²) in [6.45, 7) is 2.66. The van der Waals surface area contributed by atoms with Gasteiger partial charge in [0, 0.05) is 10.0 Å². The van der Waals surface area contributed by atoms with E-state index in [0.717, 1.165) is 22.3 Å². The van der Waals surface area contributed by atoms with Crippen LogP contribution in [0.15, 0.2) is 53.0 Å². The van der Waals surface area contributed by atoms with Gasteiger partial charge in [0.25, 0.3) is 5.91 Å². The van der Waals surface area contributed by atoms with Crippen molar-refractivity contribution in [2.75, 3.05) is 11.4 Å². The second-order valence-corrected chi connectivity index (χ2v) is 5.95. The van der Waals surface area contributed by atoms with E-state index in [4.69, 9.17) is 4.74 Å². The molecule has 0 fully saturated rings. The standard InChI is InChI=1S/C17H16BrNO2/c1-2-14-11-19(15-5-3-4-6-16(15)21-14)17(20)12-7-9-13(18)10-8-12/h3-10,14H,2,11H2,1H3. The Labute approximate surface area is 132 Å². The van der Waals surface area contributed by atoms with E-state index in [1.54, 1.807) is 0 Å². The number of carbonyl (C=O) groups is 1. The Morgan fingerprint density at radius 2 is 1.95 bits per heavy atom. The van der Waals surface area contributed by atoms with Crippen LogP contribution < -0.4 is 9.64 Å². The number of halogens is 1. The average Bonchev–Trinajstić information content (AvgIpc) is 2.53. The van der Waals surface area contributed by atoms with Gasteiger partial charge in [0.15, 0.2) is 0 Å². The van der Waals surface area contributed by atoms with Crippen LogP contribution in [0.3, 0.4) is 0 Å². The molecule has 1 aliphatic heterocycles. The van der Waals surface area contributed by atoms with Crippen LogP contribution in [0.25, 0.3) is 0 Å². The number of ether oxygens (including phenoxy) is 1. The molecule has 1 amide bonds. The number of amides is 1. The summed E-state index contributed by atoms with van der Waals surface area (Å²) in [6, 6.07) is 15.1. The van der Waals surface area contributed by atoms with E-state index in [0.29, 0.717) is 12.1 Å². The lowest BCUT2D eigenvalue weighted by atomic mass is 10.1. The molecule has 4 heteroatoms. The van der Waals surface area contributed by atoms with Gasteiger partial charge in [-0.3, -0.25) is 4.79 Å². The minimum atomic E-state index is 0.0108. The topological polar surface area (TPSA) is 29.5 Å². The predicted octanol–water partition coefficient (Wildman–Crippen LogP) is 4.27. The average molecular weight is 346 g/mol. The Bertz CT molecular complexity index is 654. The molecule has 3 rings (SSSR count). The van der Waals surface area contributed by atoms with Crippen molar-refractivity contribution in [3.8, 4) is 5.75 Å². The van der Waals surface area contributed by atoms with Gasteiger partial charge in [0.2, 0.25) is 0 Å². The molecule has 3 nitrogen and oxygen atoms in total. The Balaban J connectivity index is 1.97. The van der Waals surface area contributed by atoms with Crippen LogP contribution in [0.1, 0.15) is 23.7 Å². The quantitative estimate of drug-likeness (QED) is 0.813. The van der Waals surface area contributed by atoms with Crippen molar-refractivity contribution in [2.24, 2.45) is 0 Å². The number of nitrogens with zero attached hydrogens (tertiary/aromatic N) is 1. The van der Waals surface area contributed by atoms with E-state index in [1.165, 1.54) is 0 Å². The first-order valence-corrected chi connectivity index (χ1v) is 7.81. The fourth-order valence-electron chi connectivity index (χ4n) is 2.45. The van der Waals surface area contributed by atoms with Crippen LogP contribution in [0.2, 0.25) is 0 Å². The van der Waals surface area contributed by atoms with E-state index in [9.17, 15) is 4.79 Å². The highest BCUT2D eigenvalue weighted by Gasteiger charge is 2.29. The zero-order valence-corrected chi connectivity index (χ0v) is 13.3. The fraction of sp³-hybridized carbons (Fsp3) is 0.235. The molecule has 1 unspecified atom stereocenters. The largest absolute Gasteiger partial charge is 0.486 e. The highest BCUT2D eigenvalue weighted by atomic mass is 79.9. The van der Waals surface area contributed by atoms with Gasteiger partial charge in [-0.1, -0.05) is 35.0 Å². The van der Waals surface area contributed by atoms with Crippen molar-refractivity contribution < 1.29 is 9.53 Å². The molecule has 0 spiro atoms. The normalized spacial score (nSPS) is 17.0. The first-order chi connectivity index (χ1) is 10.2. The lowest BCUT2D eigenvalue weighted by molar-refractivity contribution is 0.0954. The monoisotopic (exact) mass is 345 g/mol. The highest BCUT2D eigenvalue weighted by molar-refractivity contribution is 9.10. The number of benzene rings is 2. The van der Waals surface area contributed by atoms with Crippen LogP contribution in [0, 0.1) is 0 Å². The van der Waals surface area contributed by atoms with Crippen LogP contribution in [-0.2, 0) is 0 Å². The molecule has 2 aromatic carbocycles.